The lowest BCUT2D eigenvalue weighted by atomic mass is 9.96. The van der Waals surface area contributed by atoms with E-state index in [-0.39, 0.29) is 17.3 Å². The van der Waals surface area contributed by atoms with Gasteiger partial charge >= 0.3 is 5.97 Å². The number of hydrogen-bond acceptors (Lipinski definition) is 3. The Morgan fingerprint density at radius 3 is 2.69 bits per heavy atom. The van der Waals surface area contributed by atoms with Crippen LogP contribution >= 0.6 is 0 Å². The van der Waals surface area contributed by atoms with Gasteiger partial charge in [-0.25, -0.2) is 4.79 Å². The third kappa shape index (κ3) is 2.12. The molecule has 0 aromatic heterocycles. The molecule has 0 aliphatic carbocycles. The van der Waals surface area contributed by atoms with Crippen LogP contribution in [0.2, 0.25) is 0 Å². The molecular weight excluding hydrogens is 206 g/mol. The second kappa shape index (κ2) is 4.45. The Bertz CT molecular complexity index is 422. The average molecular weight is 219 g/mol. The monoisotopic (exact) mass is 219 g/mol. The summed E-state index contributed by atoms with van der Waals surface area (Å²) in [6, 6.07) is 6.22. The molecular formula is C12H13NO3. The van der Waals surface area contributed by atoms with Crippen molar-refractivity contribution in [1.82, 2.24) is 5.32 Å². The summed E-state index contributed by atoms with van der Waals surface area (Å²) in [5, 5.41) is 12.0. The lowest BCUT2D eigenvalue weighted by Gasteiger charge is -2.07. The molecule has 84 valence electrons. The van der Waals surface area contributed by atoms with Gasteiger partial charge in [0.2, 0.25) is 0 Å². The van der Waals surface area contributed by atoms with E-state index in [9.17, 15) is 9.59 Å². The van der Waals surface area contributed by atoms with Crippen LogP contribution in [0.1, 0.15) is 27.1 Å². The molecule has 1 aromatic carbocycles. The van der Waals surface area contributed by atoms with E-state index in [0.717, 1.165) is 13.0 Å². The van der Waals surface area contributed by atoms with Crippen molar-refractivity contribution < 1.29 is 14.7 Å². The standard InChI is InChI=1S/C12H13NO3/c14-11(10-4-5-13-7-10)8-2-1-3-9(6-8)12(15)16/h1-3,6,10,13H,4-5,7H2,(H,15,16). The minimum atomic E-state index is -1.00. The highest BCUT2D eigenvalue weighted by Gasteiger charge is 2.23. The van der Waals surface area contributed by atoms with Gasteiger partial charge < -0.3 is 10.4 Å². The van der Waals surface area contributed by atoms with Crippen molar-refractivity contribution in [2.45, 2.75) is 6.42 Å². The van der Waals surface area contributed by atoms with Crippen LogP contribution < -0.4 is 5.32 Å². The smallest absolute Gasteiger partial charge is 0.335 e. The van der Waals surface area contributed by atoms with Crippen LogP contribution in [0.4, 0.5) is 0 Å². The van der Waals surface area contributed by atoms with Crippen molar-refractivity contribution in [1.29, 1.82) is 0 Å². The van der Waals surface area contributed by atoms with Crippen LogP contribution in [0.3, 0.4) is 0 Å². The maximum Gasteiger partial charge on any atom is 0.335 e. The van der Waals surface area contributed by atoms with E-state index in [2.05, 4.69) is 5.32 Å². The normalized spacial score (nSPS) is 19.6. The first-order chi connectivity index (χ1) is 7.68. The van der Waals surface area contributed by atoms with Gasteiger partial charge in [0.1, 0.15) is 0 Å². The highest BCUT2D eigenvalue weighted by Crippen LogP contribution is 2.16. The number of ketones is 1. The molecule has 4 heteroatoms. The molecule has 0 spiro atoms. The Balaban J connectivity index is 2.22. The SMILES string of the molecule is O=C(O)c1cccc(C(=O)C2CCNC2)c1. The van der Waals surface area contributed by atoms with Gasteiger partial charge in [-0.1, -0.05) is 12.1 Å². The van der Waals surface area contributed by atoms with Gasteiger partial charge in [-0.05, 0) is 25.1 Å². The third-order valence-corrected chi connectivity index (χ3v) is 2.83. The van der Waals surface area contributed by atoms with E-state index in [1.807, 2.05) is 0 Å². The zero-order valence-electron chi connectivity index (χ0n) is 8.77. The summed E-state index contributed by atoms with van der Waals surface area (Å²) >= 11 is 0. The fourth-order valence-electron chi connectivity index (χ4n) is 1.92. The van der Waals surface area contributed by atoms with Gasteiger partial charge in [-0.3, -0.25) is 4.79 Å². The molecule has 16 heavy (non-hydrogen) atoms. The lowest BCUT2D eigenvalue weighted by molar-refractivity contribution is 0.0697. The van der Waals surface area contributed by atoms with Crippen LogP contribution in [0.5, 0.6) is 0 Å². The number of rotatable bonds is 3. The Hall–Kier alpha value is -1.68. The molecule has 1 heterocycles. The molecule has 0 bridgehead atoms. The lowest BCUT2D eigenvalue weighted by Crippen LogP contribution is -2.18. The number of hydrogen-bond donors (Lipinski definition) is 2. The molecule has 1 aliphatic rings. The Morgan fingerprint density at radius 1 is 1.31 bits per heavy atom. The summed E-state index contributed by atoms with van der Waals surface area (Å²) in [7, 11) is 0. The maximum absolute atomic E-state index is 12.0. The zero-order valence-corrected chi connectivity index (χ0v) is 8.77. The van der Waals surface area contributed by atoms with E-state index in [0.29, 0.717) is 12.1 Å². The van der Waals surface area contributed by atoms with Gasteiger partial charge in [0, 0.05) is 18.0 Å². The molecule has 0 saturated carbocycles. The Morgan fingerprint density at radius 2 is 2.06 bits per heavy atom. The number of carboxylic acids is 1. The quantitative estimate of drug-likeness (QED) is 0.749. The molecule has 0 amide bonds. The molecule has 0 radical (unpaired) electrons. The predicted octanol–water partition coefficient (Wildman–Crippen LogP) is 1.18. The first-order valence-corrected chi connectivity index (χ1v) is 5.27. The first-order valence-electron chi connectivity index (χ1n) is 5.27. The van der Waals surface area contributed by atoms with Crippen molar-refractivity contribution in [3.05, 3.63) is 35.4 Å². The van der Waals surface area contributed by atoms with E-state index in [1.165, 1.54) is 12.1 Å². The van der Waals surface area contributed by atoms with Crippen LogP contribution in [-0.2, 0) is 0 Å². The van der Waals surface area contributed by atoms with Crippen LogP contribution in [0.25, 0.3) is 0 Å². The van der Waals surface area contributed by atoms with Crippen LogP contribution in [0, 0.1) is 5.92 Å². The van der Waals surface area contributed by atoms with Crippen molar-refractivity contribution in [2.24, 2.45) is 5.92 Å². The molecule has 1 aliphatic heterocycles. The van der Waals surface area contributed by atoms with Crippen molar-refractivity contribution in [3.8, 4) is 0 Å². The van der Waals surface area contributed by atoms with Crippen LogP contribution in [-0.4, -0.2) is 29.9 Å². The highest BCUT2D eigenvalue weighted by atomic mass is 16.4. The van der Waals surface area contributed by atoms with E-state index >= 15 is 0 Å². The second-order valence-electron chi connectivity index (χ2n) is 3.94. The van der Waals surface area contributed by atoms with E-state index < -0.39 is 5.97 Å². The molecule has 2 rings (SSSR count). The number of benzene rings is 1. The molecule has 1 aromatic rings. The van der Waals surface area contributed by atoms with Gasteiger partial charge in [-0.15, -0.1) is 0 Å². The summed E-state index contributed by atoms with van der Waals surface area (Å²) in [5.74, 6) is -0.976. The maximum atomic E-state index is 12.0. The number of nitrogens with one attached hydrogen (secondary N) is 1. The summed E-state index contributed by atoms with van der Waals surface area (Å²) in [5.41, 5.74) is 0.658. The van der Waals surface area contributed by atoms with Gasteiger partial charge in [-0.2, -0.15) is 0 Å². The number of Topliss-reactive ketones (excluding diaryl/α,β-unsaturated/α-hetero) is 1. The molecule has 2 N–H and O–H groups in total. The first kappa shape index (κ1) is 10.8. The van der Waals surface area contributed by atoms with Crippen molar-refractivity contribution in [2.75, 3.05) is 13.1 Å². The number of carboxylic acid groups (broad SMARTS) is 1. The predicted molar refractivity (Wildman–Crippen MR) is 58.7 cm³/mol. The van der Waals surface area contributed by atoms with Crippen LogP contribution in [0.15, 0.2) is 24.3 Å². The fraction of sp³-hybridized carbons (Fsp3) is 0.333. The Kier molecular flexibility index (Phi) is 3.01. The minimum Gasteiger partial charge on any atom is -0.478 e. The van der Waals surface area contributed by atoms with Crippen molar-refractivity contribution in [3.63, 3.8) is 0 Å². The molecule has 1 unspecified atom stereocenters. The highest BCUT2D eigenvalue weighted by molar-refractivity contribution is 6.00. The molecule has 1 fully saturated rings. The topological polar surface area (TPSA) is 66.4 Å². The third-order valence-electron chi connectivity index (χ3n) is 2.83. The summed E-state index contributed by atoms with van der Waals surface area (Å²) < 4.78 is 0. The Labute approximate surface area is 93.3 Å². The average Bonchev–Trinajstić information content (AvgIpc) is 2.81. The number of carbonyl (C=O) groups is 2. The molecule has 1 atom stereocenters. The number of aromatic carboxylic acids is 1. The van der Waals surface area contributed by atoms with E-state index in [1.54, 1.807) is 12.1 Å². The molecule has 4 nitrogen and oxygen atoms in total. The summed E-state index contributed by atoms with van der Waals surface area (Å²) in [4.78, 5) is 22.8. The fourth-order valence-corrected chi connectivity index (χ4v) is 1.92. The van der Waals surface area contributed by atoms with Gasteiger partial charge in [0.05, 0.1) is 5.56 Å². The zero-order chi connectivity index (χ0) is 11.5. The largest absolute Gasteiger partial charge is 0.478 e. The van der Waals surface area contributed by atoms with E-state index in [4.69, 9.17) is 5.11 Å². The summed E-state index contributed by atoms with van der Waals surface area (Å²) in [6.07, 6.45) is 0.829. The number of carbonyl (C=O) groups excluding carboxylic acids is 1. The van der Waals surface area contributed by atoms with Gasteiger partial charge in [0.25, 0.3) is 0 Å². The minimum absolute atomic E-state index is 0.0101. The molecule has 1 saturated heterocycles. The second-order valence-corrected chi connectivity index (χ2v) is 3.94. The van der Waals surface area contributed by atoms with Crippen molar-refractivity contribution >= 4 is 11.8 Å². The van der Waals surface area contributed by atoms with Gasteiger partial charge in [0.15, 0.2) is 5.78 Å². The summed E-state index contributed by atoms with van der Waals surface area (Å²) in [6.45, 7) is 1.55.